The summed E-state index contributed by atoms with van der Waals surface area (Å²) in [5, 5.41) is 7.49. The van der Waals surface area contributed by atoms with E-state index in [0.29, 0.717) is 18.6 Å². The second-order valence-electron chi connectivity index (χ2n) is 3.51. The predicted molar refractivity (Wildman–Crippen MR) is 59.8 cm³/mol. The van der Waals surface area contributed by atoms with Gasteiger partial charge < -0.3 is 9.15 Å². The predicted octanol–water partition coefficient (Wildman–Crippen LogP) is 2.16. The molecule has 0 radical (unpaired) electrons. The molecule has 0 aliphatic rings. The van der Waals surface area contributed by atoms with Gasteiger partial charge in [0.1, 0.15) is 0 Å². The highest BCUT2D eigenvalue weighted by Gasteiger charge is 2.11. The number of aromatic nitrogens is 2. The number of aryl methyl sites for hydroxylation is 1. The first-order valence-corrected chi connectivity index (χ1v) is 5.42. The molecule has 1 heterocycles. The maximum Gasteiger partial charge on any atom is 0.253 e. The third-order valence-corrected chi connectivity index (χ3v) is 2.28. The summed E-state index contributed by atoms with van der Waals surface area (Å²) >= 11 is 0. The SMILES string of the molecule is CCc1nnc(COc2c(F)cccc2C=O)o1. The Morgan fingerprint density at radius 1 is 1.39 bits per heavy atom. The Balaban J connectivity index is 2.12. The van der Waals surface area contributed by atoms with Gasteiger partial charge in [-0.25, -0.2) is 4.39 Å². The lowest BCUT2D eigenvalue weighted by molar-refractivity contribution is 0.111. The number of para-hydroxylation sites is 1. The molecule has 5 nitrogen and oxygen atoms in total. The first-order chi connectivity index (χ1) is 8.74. The molecule has 2 rings (SSSR count). The van der Waals surface area contributed by atoms with Gasteiger partial charge >= 0.3 is 0 Å². The van der Waals surface area contributed by atoms with Crippen LogP contribution in [-0.2, 0) is 13.0 Å². The van der Waals surface area contributed by atoms with E-state index in [2.05, 4.69) is 10.2 Å². The molecule has 0 aliphatic heterocycles. The Hall–Kier alpha value is -2.24. The van der Waals surface area contributed by atoms with Crippen LogP contribution in [0.3, 0.4) is 0 Å². The van der Waals surface area contributed by atoms with Crippen molar-refractivity contribution in [2.75, 3.05) is 0 Å². The average Bonchev–Trinajstić information content (AvgIpc) is 2.85. The maximum atomic E-state index is 13.5. The molecule has 94 valence electrons. The normalized spacial score (nSPS) is 10.3. The molecule has 0 spiro atoms. The standard InChI is InChI=1S/C12H11FN2O3/c1-2-10-14-15-11(18-10)7-17-12-8(6-16)4-3-5-9(12)13/h3-6H,2,7H2,1H3. The van der Waals surface area contributed by atoms with E-state index >= 15 is 0 Å². The zero-order valence-electron chi connectivity index (χ0n) is 9.72. The molecule has 18 heavy (non-hydrogen) atoms. The van der Waals surface area contributed by atoms with E-state index in [0.717, 1.165) is 0 Å². The number of carbonyl (C=O) groups is 1. The fraction of sp³-hybridized carbons (Fsp3) is 0.250. The largest absolute Gasteiger partial charge is 0.480 e. The van der Waals surface area contributed by atoms with Crippen molar-refractivity contribution >= 4 is 6.29 Å². The molecule has 0 amide bonds. The lowest BCUT2D eigenvalue weighted by Gasteiger charge is -2.06. The molecule has 6 heteroatoms. The van der Waals surface area contributed by atoms with Crippen LogP contribution in [0.2, 0.25) is 0 Å². The second kappa shape index (κ2) is 5.39. The number of carbonyl (C=O) groups excluding carboxylic acids is 1. The lowest BCUT2D eigenvalue weighted by atomic mass is 10.2. The van der Waals surface area contributed by atoms with Crippen molar-refractivity contribution in [1.29, 1.82) is 0 Å². The van der Waals surface area contributed by atoms with Gasteiger partial charge in [0.15, 0.2) is 24.5 Å². The minimum absolute atomic E-state index is 0.0746. The molecule has 0 unspecified atom stereocenters. The number of aldehydes is 1. The summed E-state index contributed by atoms with van der Waals surface area (Å²) in [6.45, 7) is 1.80. The van der Waals surface area contributed by atoms with Crippen LogP contribution in [0.25, 0.3) is 0 Å². The summed E-state index contributed by atoms with van der Waals surface area (Å²) in [6.07, 6.45) is 1.15. The van der Waals surface area contributed by atoms with Crippen LogP contribution >= 0.6 is 0 Å². The van der Waals surface area contributed by atoms with Crippen LogP contribution in [0.4, 0.5) is 4.39 Å². The Morgan fingerprint density at radius 2 is 2.17 bits per heavy atom. The Morgan fingerprint density at radius 3 is 2.83 bits per heavy atom. The van der Waals surface area contributed by atoms with Crippen LogP contribution in [0.1, 0.15) is 29.1 Å². The Kier molecular flexibility index (Phi) is 3.66. The summed E-state index contributed by atoms with van der Waals surface area (Å²) in [5.41, 5.74) is 0.144. The van der Waals surface area contributed by atoms with Crippen molar-refractivity contribution in [1.82, 2.24) is 10.2 Å². The average molecular weight is 250 g/mol. The van der Waals surface area contributed by atoms with Crippen LogP contribution < -0.4 is 4.74 Å². The zero-order chi connectivity index (χ0) is 13.0. The monoisotopic (exact) mass is 250 g/mol. The van der Waals surface area contributed by atoms with E-state index in [1.165, 1.54) is 18.2 Å². The van der Waals surface area contributed by atoms with E-state index in [-0.39, 0.29) is 23.8 Å². The van der Waals surface area contributed by atoms with Crippen molar-refractivity contribution < 1.29 is 18.3 Å². The maximum absolute atomic E-state index is 13.5. The molecule has 1 aromatic heterocycles. The van der Waals surface area contributed by atoms with Gasteiger partial charge in [-0.05, 0) is 12.1 Å². The van der Waals surface area contributed by atoms with Crippen molar-refractivity contribution in [2.45, 2.75) is 20.0 Å². The first kappa shape index (κ1) is 12.2. The number of hydrogen-bond donors (Lipinski definition) is 0. The smallest absolute Gasteiger partial charge is 0.253 e. The number of nitrogens with zero attached hydrogens (tertiary/aromatic N) is 2. The molecule has 0 aliphatic carbocycles. The van der Waals surface area contributed by atoms with Gasteiger partial charge in [0, 0.05) is 6.42 Å². The summed E-state index contributed by atoms with van der Waals surface area (Å²) in [6, 6.07) is 4.12. The molecule has 0 N–H and O–H groups in total. The highest BCUT2D eigenvalue weighted by molar-refractivity contribution is 5.79. The van der Waals surface area contributed by atoms with Gasteiger partial charge in [-0.3, -0.25) is 4.79 Å². The van der Waals surface area contributed by atoms with Gasteiger partial charge in [0.2, 0.25) is 5.89 Å². The quantitative estimate of drug-likeness (QED) is 0.761. The third kappa shape index (κ3) is 2.53. The van der Waals surface area contributed by atoms with Gasteiger partial charge in [-0.1, -0.05) is 13.0 Å². The lowest BCUT2D eigenvalue weighted by Crippen LogP contribution is -2.01. The summed E-state index contributed by atoms with van der Waals surface area (Å²) in [7, 11) is 0. The van der Waals surface area contributed by atoms with E-state index in [4.69, 9.17) is 9.15 Å². The number of ether oxygens (including phenoxy) is 1. The zero-order valence-corrected chi connectivity index (χ0v) is 9.72. The molecule has 0 fully saturated rings. The molecule has 0 saturated carbocycles. The Bertz CT molecular complexity index is 554. The van der Waals surface area contributed by atoms with Gasteiger partial charge in [0.25, 0.3) is 5.89 Å². The molecule has 1 aromatic carbocycles. The first-order valence-electron chi connectivity index (χ1n) is 5.42. The van der Waals surface area contributed by atoms with Crippen LogP contribution in [0.5, 0.6) is 5.75 Å². The summed E-state index contributed by atoms with van der Waals surface area (Å²) in [4.78, 5) is 10.7. The molecular weight excluding hydrogens is 239 g/mol. The van der Waals surface area contributed by atoms with Crippen LogP contribution in [-0.4, -0.2) is 16.5 Å². The van der Waals surface area contributed by atoms with E-state index in [1.807, 2.05) is 6.92 Å². The van der Waals surface area contributed by atoms with Gasteiger partial charge in [-0.15, -0.1) is 10.2 Å². The molecule has 2 aromatic rings. The number of halogens is 1. The van der Waals surface area contributed by atoms with Crippen molar-refractivity contribution in [3.8, 4) is 5.75 Å². The van der Waals surface area contributed by atoms with E-state index < -0.39 is 5.82 Å². The Labute approximate surface area is 103 Å². The van der Waals surface area contributed by atoms with E-state index in [9.17, 15) is 9.18 Å². The topological polar surface area (TPSA) is 65.2 Å². The molecular formula is C12H11FN2O3. The molecule has 0 atom stereocenters. The minimum Gasteiger partial charge on any atom is -0.480 e. The van der Waals surface area contributed by atoms with Crippen molar-refractivity contribution in [2.24, 2.45) is 0 Å². The summed E-state index contributed by atoms with van der Waals surface area (Å²) in [5.74, 6) is 0.0169. The summed E-state index contributed by atoms with van der Waals surface area (Å²) < 4.78 is 23.9. The third-order valence-electron chi connectivity index (χ3n) is 2.28. The second-order valence-corrected chi connectivity index (χ2v) is 3.51. The van der Waals surface area contributed by atoms with Gasteiger partial charge in [-0.2, -0.15) is 0 Å². The highest BCUT2D eigenvalue weighted by atomic mass is 19.1. The fourth-order valence-corrected chi connectivity index (χ4v) is 1.39. The minimum atomic E-state index is -0.602. The number of hydrogen-bond acceptors (Lipinski definition) is 5. The van der Waals surface area contributed by atoms with Crippen LogP contribution in [0.15, 0.2) is 22.6 Å². The molecule has 0 bridgehead atoms. The molecule has 0 saturated heterocycles. The van der Waals surface area contributed by atoms with Gasteiger partial charge in [0.05, 0.1) is 5.56 Å². The fourth-order valence-electron chi connectivity index (χ4n) is 1.39. The number of rotatable bonds is 5. The van der Waals surface area contributed by atoms with E-state index in [1.54, 1.807) is 0 Å². The van der Waals surface area contributed by atoms with Crippen LogP contribution in [0, 0.1) is 5.82 Å². The van der Waals surface area contributed by atoms with Crippen molar-refractivity contribution in [3.63, 3.8) is 0 Å². The number of benzene rings is 1. The highest BCUT2D eigenvalue weighted by Crippen LogP contribution is 2.22. The van der Waals surface area contributed by atoms with Crippen molar-refractivity contribution in [3.05, 3.63) is 41.4 Å².